The highest BCUT2D eigenvalue weighted by atomic mass is 19.4. The van der Waals surface area contributed by atoms with Crippen LogP contribution in [0.15, 0.2) is 12.2 Å². The summed E-state index contributed by atoms with van der Waals surface area (Å²) in [5.74, 6) is -56.1. The lowest BCUT2D eigenvalue weighted by Crippen LogP contribution is -2.74. The van der Waals surface area contributed by atoms with Gasteiger partial charge in [0.25, 0.3) is 0 Å². The van der Waals surface area contributed by atoms with Crippen molar-refractivity contribution in [2.45, 2.75) is 138 Å². The van der Waals surface area contributed by atoms with E-state index in [2.05, 4.69) is 6.92 Å². The summed E-state index contributed by atoms with van der Waals surface area (Å²) in [5.41, 5.74) is 0. The predicted molar refractivity (Wildman–Crippen MR) is 116 cm³/mol. The molecule has 0 aromatic rings. The molecule has 0 bridgehead atoms. The number of hydrogen-bond acceptors (Lipinski definition) is 0. The van der Waals surface area contributed by atoms with Gasteiger partial charge in [0.2, 0.25) is 0 Å². The zero-order valence-electron chi connectivity index (χ0n) is 21.8. The Morgan fingerprint density at radius 3 is 1.00 bits per heavy atom. The fourth-order valence-corrected chi connectivity index (χ4v) is 3.62. The normalized spacial score (nSPS) is 15.3. The van der Waals surface area contributed by atoms with E-state index in [0.29, 0.717) is 12.8 Å². The minimum atomic E-state index is -8.60. The van der Waals surface area contributed by atoms with Crippen LogP contribution in [-0.4, -0.2) is 47.6 Å². The van der Waals surface area contributed by atoms with E-state index >= 15 is 0 Å². The van der Waals surface area contributed by atoms with E-state index in [9.17, 15) is 74.6 Å². The second kappa shape index (κ2) is 14.3. The van der Waals surface area contributed by atoms with Gasteiger partial charge in [0.1, 0.15) is 0 Å². The molecule has 0 aromatic heterocycles. The Labute approximate surface area is 225 Å². The molecule has 0 saturated heterocycles. The zero-order chi connectivity index (χ0) is 32.6. The van der Waals surface area contributed by atoms with E-state index in [4.69, 9.17) is 0 Å². The smallest absolute Gasteiger partial charge is 0.195 e. The first-order valence-corrected chi connectivity index (χ1v) is 12.7. The van der Waals surface area contributed by atoms with Gasteiger partial charge < -0.3 is 0 Å². The Kier molecular flexibility index (Phi) is 13.8. The summed E-state index contributed by atoms with van der Waals surface area (Å²) in [7, 11) is 0. The number of halogens is 17. The molecule has 0 aliphatic heterocycles. The minimum absolute atomic E-state index is 0.0124. The lowest BCUT2D eigenvalue weighted by Gasteiger charge is -2.42. The Balaban J connectivity index is 5.27. The quantitative estimate of drug-likeness (QED) is 0.0704. The van der Waals surface area contributed by atoms with Crippen LogP contribution in [0.3, 0.4) is 0 Å². The van der Waals surface area contributed by atoms with Crippen LogP contribution in [0.2, 0.25) is 0 Å². The molecular weight excluding hydrogens is 611 g/mol. The maximum Gasteiger partial charge on any atom is 0.460 e. The molecule has 0 spiro atoms. The molecule has 41 heavy (non-hydrogen) atoms. The number of unbranched alkanes of at least 4 members (excludes halogenated alkanes) is 12. The summed E-state index contributed by atoms with van der Waals surface area (Å²) >= 11 is 0. The monoisotopic (exact) mass is 642 g/mol. The molecule has 0 saturated carbocycles. The molecule has 0 N–H and O–H groups in total. The summed E-state index contributed by atoms with van der Waals surface area (Å²) in [6.45, 7) is 2.08. The van der Waals surface area contributed by atoms with E-state index < -0.39 is 60.1 Å². The average Bonchev–Trinajstić information content (AvgIpc) is 2.82. The second-order valence-electron chi connectivity index (χ2n) is 9.65. The van der Waals surface area contributed by atoms with Gasteiger partial charge in [-0.25, -0.2) is 0 Å². The SMILES string of the molecule is CCCCCCCCCCCCCC/C=C/C(F)(F)C(F)(F)C(F)(F)C(F)(F)C(F)(F)C(F)(F)C(F)(F)C(F)(F)F. The Morgan fingerprint density at radius 1 is 0.366 bits per heavy atom. The average molecular weight is 642 g/mol. The first-order valence-electron chi connectivity index (χ1n) is 12.7. The minimum Gasteiger partial charge on any atom is -0.195 e. The Morgan fingerprint density at radius 2 is 0.659 bits per heavy atom. The van der Waals surface area contributed by atoms with E-state index in [0.717, 1.165) is 57.8 Å². The molecule has 0 amide bonds. The Bertz CT molecular complexity index is 796. The number of allylic oxidation sites excluding steroid dienone is 2. The molecule has 17 heteroatoms. The van der Waals surface area contributed by atoms with Gasteiger partial charge >= 0.3 is 47.6 Å². The standard InChI is InChI=1S/C24H31F17/c1-2-3-4-5-6-7-8-9-10-11-12-13-14-15-16-17(25,26)18(27,28)19(29,30)20(31,32)21(33,34)22(35,36)23(37,38)24(39,40)41/h15-16H,2-14H2,1H3/b16-15+. The molecule has 0 radical (unpaired) electrons. The summed E-state index contributed by atoms with van der Waals surface area (Å²) in [6, 6.07) is 0. The van der Waals surface area contributed by atoms with Gasteiger partial charge in [-0.3, -0.25) is 0 Å². The van der Waals surface area contributed by atoms with Crippen molar-refractivity contribution in [3.63, 3.8) is 0 Å². The third-order valence-corrected chi connectivity index (χ3v) is 6.30. The molecular formula is C24H31F17. The summed E-state index contributed by atoms with van der Waals surface area (Å²) in [4.78, 5) is 0. The number of alkyl halides is 17. The predicted octanol–water partition coefficient (Wildman–Crippen LogP) is 11.6. The van der Waals surface area contributed by atoms with Crippen molar-refractivity contribution in [3.05, 3.63) is 12.2 Å². The molecule has 0 fully saturated rings. The van der Waals surface area contributed by atoms with E-state index in [1.165, 1.54) is 0 Å². The molecule has 0 aliphatic carbocycles. The highest BCUT2D eigenvalue weighted by Crippen LogP contribution is 2.64. The van der Waals surface area contributed by atoms with Gasteiger partial charge in [-0.15, -0.1) is 0 Å². The van der Waals surface area contributed by atoms with Crippen molar-refractivity contribution in [1.82, 2.24) is 0 Å². The highest BCUT2D eigenvalue weighted by Gasteiger charge is 2.95. The largest absolute Gasteiger partial charge is 0.460 e. The number of hydrogen-bond donors (Lipinski definition) is 0. The first kappa shape index (κ1) is 39.5. The van der Waals surface area contributed by atoms with Gasteiger partial charge in [-0.1, -0.05) is 83.6 Å². The van der Waals surface area contributed by atoms with Crippen LogP contribution in [0, 0.1) is 0 Å². The molecule has 0 aromatic carbocycles. The first-order chi connectivity index (χ1) is 18.3. The van der Waals surface area contributed by atoms with E-state index in [1.807, 2.05) is 0 Å². The summed E-state index contributed by atoms with van der Waals surface area (Å²) in [6.07, 6.45) is 0.727. The van der Waals surface area contributed by atoms with Crippen LogP contribution in [0.4, 0.5) is 74.6 Å². The lowest BCUT2D eigenvalue weighted by molar-refractivity contribution is -0.459. The van der Waals surface area contributed by atoms with Crippen molar-refractivity contribution in [2.75, 3.05) is 0 Å². The van der Waals surface area contributed by atoms with Gasteiger partial charge in [0, 0.05) is 0 Å². The molecule has 0 nitrogen and oxygen atoms in total. The van der Waals surface area contributed by atoms with Crippen LogP contribution in [0.5, 0.6) is 0 Å². The van der Waals surface area contributed by atoms with E-state index in [-0.39, 0.29) is 12.5 Å². The van der Waals surface area contributed by atoms with Crippen molar-refractivity contribution >= 4 is 0 Å². The van der Waals surface area contributed by atoms with Crippen molar-refractivity contribution < 1.29 is 74.6 Å². The molecule has 0 unspecified atom stereocenters. The Hall–Kier alpha value is -1.45. The third kappa shape index (κ3) is 8.35. The molecule has 0 atom stereocenters. The fourth-order valence-electron chi connectivity index (χ4n) is 3.62. The summed E-state index contributed by atoms with van der Waals surface area (Å²) in [5, 5.41) is 0. The van der Waals surface area contributed by atoms with Crippen LogP contribution in [0.25, 0.3) is 0 Å². The molecule has 0 rings (SSSR count). The van der Waals surface area contributed by atoms with E-state index in [1.54, 1.807) is 0 Å². The van der Waals surface area contributed by atoms with Crippen LogP contribution in [-0.2, 0) is 0 Å². The van der Waals surface area contributed by atoms with Crippen molar-refractivity contribution in [2.24, 2.45) is 0 Å². The molecule has 246 valence electrons. The topological polar surface area (TPSA) is 0 Å². The lowest BCUT2D eigenvalue weighted by atomic mass is 9.89. The maximum absolute atomic E-state index is 13.8. The molecule has 0 heterocycles. The number of rotatable bonds is 20. The second-order valence-corrected chi connectivity index (χ2v) is 9.65. The van der Waals surface area contributed by atoms with Crippen LogP contribution >= 0.6 is 0 Å². The van der Waals surface area contributed by atoms with Gasteiger partial charge in [-0.2, -0.15) is 74.6 Å². The van der Waals surface area contributed by atoms with Gasteiger partial charge in [-0.05, 0) is 18.9 Å². The van der Waals surface area contributed by atoms with Crippen molar-refractivity contribution in [1.29, 1.82) is 0 Å². The maximum atomic E-state index is 13.8. The zero-order valence-corrected chi connectivity index (χ0v) is 21.8. The van der Waals surface area contributed by atoms with Gasteiger partial charge in [0.05, 0.1) is 0 Å². The van der Waals surface area contributed by atoms with Crippen LogP contribution < -0.4 is 0 Å². The third-order valence-electron chi connectivity index (χ3n) is 6.30. The summed E-state index contributed by atoms with van der Waals surface area (Å²) < 4.78 is 225. The fraction of sp³-hybridized carbons (Fsp3) is 0.917. The van der Waals surface area contributed by atoms with Crippen molar-refractivity contribution in [3.8, 4) is 0 Å². The highest BCUT2D eigenvalue weighted by molar-refractivity contribution is 5.17. The van der Waals surface area contributed by atoms with Gasteiger partial charge in [0.15, 0.2) is 0 Å². The van der Waals surface area contributed by atoms with Crippen LogP contribution in [0.1, 0.15) is 90.4 Å². The molecule has 0 aliphatic rings.